The van der Waals surface area contributed by atoms with E-state index in [1.165, 1.54) is 21.9 Å². The molecule has 4 nitrogen and oxygen atoms in total. The van der Waals surface area contributed by atoms with Crippen molar-refractivity contribution < 1.29 is 24.5 Å². The molecule has 8 aromatic rings. The minimum atomic E-state index is -1.36. The Morgan fingerprint density at radius 2 is 1.50 bits per heavy atom. The standard InChI is InChI=1S/C26H17N2O.C20H28NSi.Ir/c1-2-9-18(10-3-1)17-28-23-15-6-5-14-22(23)27-26(28)21-13-8-12-20-19-11-4-7-16-24(19)29-25(20)21;1-14(2)16-8-10-17(11-9-16)19-12-18(15(3)4)20(13-21-19)22(5,6)7;/h1-12,14-16H,17H2;8-10,12-15H,1-7H3;/q2*-1;. The predicted molar refractivity (Wildman–Crippen MR) is 216 cm³/mol. The Hall–Kier alpha value is -4.61. The molecule has 0 fully saturated rings. The molecule has 3 aromatic heterocycles. The van der Waals surface area contributed by atoms with Crippen LogP contribution in [-0.4, -0.2) is 22.6 Å². The van der Waals surface area contributed by atoms with Crippen LogP contribution in [0.15, 0.2) is 126 Å². The van der Waals surface area contributed by atoms with Gasteiger partial charge in [-0.1, -0.05) is 136 Å². The molecule has 0 saturated heterocycles. The van der Waals surface area contributed by atoms with Crippen molar-refractivity contribution in [1.82, 2.24) is 14.5 Å². The zero-order valence-electron chi connectivity index (χ0n) is 31.0. The fourth-order valence-electron chi connectivity index (χ4n) is 6.73. The van der Waals surface area contributed by atoms with E-state index in [9.17, 15) is 0 Å². The van der Waals surface area contributed by atoms with Crippen molar-refractivity contribution in [3.8, 4) is 22.6 Å². The summed E-state index contributed by atoms with van der Waals surface area (Å²) >= 11 is 0. The molecule has 0 atom stereocenters. The molecule has 0 amide bonds. The first-order valence-corrected chi connectivity index (χ1v) is 21.4. The molecular formula is C46H45IrN3OSi-2. The second-order valence-corrected chi connectivity index (χ2v) is 20.0. The number of benzene rings is 5. The monoisotopic (exact) mass is 876 g/mol. The number of furan rings is 1. The molecule has 52 heavy (non-hydrogen) atoms. The summed E-state index contributed by atoms with van der Waals surface area (Å²) in [6.45, 7) is 16.9. The van der Waals surface area contributed by atoms with Gasteiger partial charge >= 0.3 is 0 Å². The first-order chi connectivity index (χ1) is 24.6. The van der Waals surface area contributed by atoms with E-state index in [0.29, 0.717) is 11.8 Å². The first kappa shape index (κ1) is 37.2. The molecule has 0 aliphatic heterocycles. The molecule has 6 heteroatoms. The zero-order valence-corrected chi connectivity index (χ0v) is 34.4. The minimum Gasteiger partial charge on any atom is -0.501 e. The van der Waals surface area contributed by atoms with Crippen molar-refractivity contribution in [3.05, 3.63) is 150 Å². The summed E-state index contributed by atoms with van der Waals surface area (Å²) in [6, 6.07) is 46.4. The predicted octanol–water partition coefficient (Wildman–Crippen LogP) is 11.8. The van der Waals surface area contributed by atoms with Crippen LogP contribution in [0.5, 0.6) is 0 Å². The van der Waals surface area contributed by atoms with Gasteiger partial charge in [0.25, 0.3) is 0 Å². The number of imidazole rings is 1. The van der Waals surface area contributed by atoms with Crippen LogP contribution in [0.4, 0.5) is 0 Å². The second kappa shape index (κ2) is 15.6. The largest absolute Gasteiger partial charge is 0.501 e. The molecule has 0 bridgehead atoms. The van der Waals surface area contributed by atoms with E-state index in [1.807, 2.05) is 36.4 Å². The van der Waals surface area contributed by atoms with E-state index >= 15 is 0 Å². The summed E-state index contributed by atoms with van der Waals surface area (Å²) < 4.78 is 8.51. The van der Waals surface area contributed by atoms with Crippen LogP contribution in [0.1, 0.15) is 56.2 Å². The van der Waals surface area contributed by atoms with Crippen molar-refractivity contribution in [3.63, 3.8) is 0 Å². The van der Waals surface area contributed by atoms with Crippen LogP contribution >= 0.6 is 0 Å². The number of nitrogens with zero attached hydrogens (tertiary/aromatic N) is 3. The number of aromatic nitrogens is 3. The number of rotatable bonds is 7. The average Bonchev–Trinajstić information content (AvgIpc) is 3.70. The van der Waals surface area contributed by atoms with E-state index in [-0.39, 0.29) is 20.1 Å². The SMILES string of the molecule is CC(C)c1c[c-]c(-c2cc(C(C)C)c([Si](C)(C)C)cn2)cc1.[Ir].[c-]1ccc2c(oc3ccccc32)c1-c1nc2ccccc2n1Cc1ccccc1. The third-order valence-corrected chi connectivity index (χ3v) is 11.6. The Labute approximate surface area is 322 Å². The van der Waals surface area contributed by atoms with Gasteiger partial charge in [0.1, 0.15) is 5.58 Å². The molecule has 0 aliphatic carbocycles. The van der Waals surface area contributed by atoms with Gasteiger partial charge in [0.15, 0.2) is 0 Å². The first-order valence-electron chi connectivity index (χ1n) is 17.9. The topological polar surface area (TPSA) is 43.9 Å². The quantitative estimate of drug-likeness (QED) is 0.118. The number of para-hydroxylation sites is 3. The van der Waals surface area contributed by atoms with Crippen LogP contribution in [0.2, 0.25) is 19.6 Å². The maximum atomic E-state index is 6.25. The van der Waals surface area contributed by atoms with Crippen molar-refractivity contribution in [2.24, 2.45) is 0 Å². The zero-order chi connectivity index (χ0) is 35.7. The van der Waals surface area contributed by atoms with Gasteiger partial charge in [-0.2, -0.15) is 0 Å². The van der Waals surface area contributed by atoms with Gasteiger partial charge in [0, 0.05) is 38.2 Å². The summed E-state index contributed by atoms with van der Waals surface area (Å²) in [7, 11) is -1.36. The van der Waals surface area contributed by atoms with Crippen molar-refractivity contribution in [1.29, 1.82) is 0 Å². The van der Waals surface area contributed by atoms with Crippen LogP contribution in [0, 0.1) is 12.1 Å². The van der Waals surface area contributed by atoms with E-state index in [0.717, 1.165) is 62.2 Å². The van der Waals surface area contributed by atoms with Crippen molar-refractivity contribution in [2.45, 2.75) is 65.7 Å². The molecule has 5 aromatic carbocycles. The van der Waals surface area contributed by atoms with Gasteiger partial charge < -0.3 is 14.0 Å². The molecule has 8 rings (SSSR count). The summed E-state index contributed by atoms with van der Waals surface area (Å²) in [5.41, 5.74) is 10.8. The van der Waals surface area contributed by atoms with E-state index in [1.54, 1.807) is 0 Å². The fraction of sp³-hybridized carbons (Fsp3) is 0.217. The van der Waals surface area contributed by atoms with Gasteiger partial charge in [-0.15, -0.1) is 53.6 Å². The maximum absolute atomic E-state index is 6.25. The number of hydrogen-bond donors (Lipinski definition) is 0. The minimum absolute atomic E-state index is 0. The van der Waals surface area contributed by atoms with Crippen molar-refractivity contribution >= 4 is 46.2 Å². The third kappa shape index (κ3) is 7.61. The van der Waals surface area contributed by atoms with Crippen LogP contribution in [0.25, 0.3) is 55.6 Å². The van der Waals surface area contributed by atoms with Crippen LogP contribution in [-0.2, 0) is 26.7 Å². The molecular weight excluding hydrogens is 831 g/mol. The Bertz CT molecular complexity index is 2440. The van der Waals surface area contributed by atoms with E-state index in [2.05, 4.69) is 149 Å². The molecule has 0 N–H and O–H groups in total. The van der Waals surface area contributed by atoms with Crippen molar-refractivity contribution in [2.75, 3.05) is 0 Å². The third-order valence-electron chi connectivity index (χ3n) is 9.55. The summed E-state index contributed by atoms with van der Waals surface area (Å²) in [4.78, 5) is 9.71. The summed E-state index contributed by atoms with van der Waals surface area (Å²) in [5, 5.41) is 3.68. The number of hydrogen-bond acceptors (Lipinski definition) is 3. The fourth-order valence-corrected chi connectivity index (χ4v) is 8.41. The van der Waals surface area contributed by atoms with E-state index < -0.39 is 8.07 Å². The normalized spacial score (nSPS) is 11.6. The molecule has 265 valence electrons. The van der Waals surface area contributed by atoms with Gasteiger partial charge in [-0.3, -0.25) is 4.98 Å². The second-order valence-electron chi connectivity index (χ2n) is 14.9. The molecule has 3 heterocycles. The van der Waals surface area contributed by atoms with Gasteiger partial charge in [0.05, 0.1) is 30.5 Å². The number of fused-ring (bicyclic) bond motifs is 4. The molecule has 0 unspecified atom stereocenters. The van der Waals surface area contributed by atoms with Gasteiger partial charge in [-0.05, 0) is 40.6 Å². The molecule has 0 spiro atoms. The molecule has 0 saturated carbocycles. The summed E-state index contributed by atoms with van der Waals surface area (Å²) in [6.07, 6.45) is 2.11. The Kier molecular flexibility index (Phi) is 11.1. The van der Waals surface area contributed by atoms with Crippen LogP contribution < -0.4 is 5.19 Å². The molecule has 0 aliphatic rings. The Balaban J connectivity index is 0.000000183. The Morgan fingerprint density at radius 3 is 2.21 bits per heavy atom. The number of pyridine rings is 1. The average molecular weight is 876 g/mol. The smallest absolute Gasteiger partial charge is 0.120 e. The van der Waals surface area contributed by atoms with Gasteiger partial charge in [0.2, 0.25) is 0 Å². The maximum Gasteiger partial charge on any atom is 0.120 e. The molecule has 1 radical (unpaired) electrons. The summed E-state index contributed by atoms with van der Waals surface area (Å²) in [5.74, 6) is 1.94. The van der Waals surface area contributed by atoms with Crippen LogP contribution in [0.3, 0.4) is 0 Å². The van der Waals surface area contributed by atoms with Gasteiger partial charge in [-0.25, -0.2) is 0 Å². The Morgan fingerprint density at radius 1 is 0.769 bits per heavy atom. The van der Waals surface area contributed by atoms with E-state index in [4.69, 9.17) is 14.4 Å².